The number of hydrogen-bond donors (Lipinski definition) is 2. The smallest absolute Gasteiger partial charge is 0.255 e. The summed E-state index contributed by atoms with van der Waals surface area (Å²) in [7, 11) is 3.22. The number of nitrogens with zero attached hydrogens (tertiary/aromatic N) is 3. The second-order valence-corrected chi connectivity index (χ2v) is 7.63. The lowest BCUT2D eigenvalue weighted by molar-refractivity contribution is -0.113. The van der Waals surface area contributed by atoms with Gasteiger partial charge in [-0.3, -0.25) is 4.79 Å². The van der Waals surface area contributed by atoms with Crippen molar-refractivity contribution in [1.29, 1.82) is 0 Å². The number of rotatable bonds is 6. The van der Waals surface area contributed by atoms with Crippen molar-refractivity contribution in [2.45, 2.75) is 18.1 Å². The van der Waals surface area contributed by atoms with Gasteiger partial charge in [0.1, 0.15) is 17.5 Å². The summed E-state index contributed by atoms with van der Waals surface area (Å²) in [5, 5.41) is 11.4. The van der Waals surface area contributed by atoms with E-state index in [1.165, 1.54) is 11.8 Å². The van der Waals surface area contributed by atoms with Gasteiger partial charge in [0.25, 0.3) is 5.91 Å². The Kier molecular flexibility index (Phi) is 5.85. The lowest BCUT2D eigenvalue weighted by Crippen LogP contribution is -2.31. The fraction of sp³-hybridized carbons (Fsp3) is 0.227. The molecule has 0 spiro atoms. The van der Waals surface area contributed by atoms with Crippen molar-refractivity contribution in [1.82, 2.24) is 14.8 Å². The first kappa shape index (κ1) is 20.8. The third-order valence-electron chi connectivity index (χ3n) is 5.04. The Morgan fingerprint density at radius 1 is 1.13 bits per heavy atom. The normalized spacial score (nSPS) is 15.2. The van der Waals surface area contributed by atoms with E-state index < -0.39 is 6.04 Å². The number of methoxy groups -OCH3 is 2. The van der Waals surface area contributed by atoms with Crippen LogP contribution in [0.1, 0.15) is 18.5 Å². The molecule has 2 heterocycles. The van der Waals surface area contributed by atoms with Gasteiger partial charge in [0.05, 0.1) is 19.8 Å². The molecule has 8 nitrogen and oxygen atoms in total. The molecule has 1 aliphatic rings. The first-order valence-electron chi connectivity index (χ1n) is 9.62. The van der Waals surface area contributed by atoms with Crippen molar-refractivity contribution < 1.29 is 14.3 Å². The monoisotopic (exact) mass is 437 g/mol. The van der Waals surface area contributed by atoms with Gasteiger partial charge in [-0.15, -0.1) is 5.10 Å². The molecule has 0 aliphatic carbocycles. The Bertz CT molecular complexity index is 1140. The molecule has 1 aliphatic heterocycles. The average Bonchev–Trinajstić information content (AvgIpc) is 3.21. The van der Waals surface area contributed by atoms with Crippen LogP contribution in [0.15, 0.2) is 65.0 Å². The van der Waals surface area contributed by atoms with Crippen molar-refractivity contribution in [3.05, 3.63) is 65.4 Å². The molecule has 4 rings (SSSR count). The molecule has 0 saturated heterocycles. The van der Waals surface area contributed by atoms with Gasteiger partial charge in [0.15, 0.2) is 0 Å². The van der Waals surface area contributed by atoms with Crippen LogP contribution in [-0.4, -0.2) is 41.1 Å². The van der Waals surface area contributed by atoms with Crippen LogP contribution in [-0.2, 0) is 4.79 Å². The van der Waals surface area contributed by atoms with Crippen LogP contribution in [0.2, 0.25) is 0 Å². The van der Waals surface area contributed by atoms with E-state index in [9.17, 15) is 4.79 Å². The Hall–Kier alpha value is -3.46. The van der Waals surface area contributed by atoms with Gasteiger partial charge in [0.2, 0.25) is 11.1 Å². The predicted molar refractivity (Wildman–Crippen MR) is 121 cm³/mol. The number of allylic oxidation sites excluding steroid dienone is 1. The molecule has 0 saturated carbocycles. The second kappa shape index (κ2) is 8.73. The summed E-state index contributed by atoms with van der Waals surface area (Å²) in [5.74, 6) is 1.73. The molecule has 9 heteroatoms. The summed E-state index contributed by atoms with van der Waals surface area (Å²) in [6.45, 7) is 1.86. The van der Waals surface area contributed by atoms with E-state index in [0.717, 1.165) is 11.3 Å². The van der Waals surface area contributed by atoms with Crippen molar-refractivity contribution in [2.24, 2.45) is 0 Å². The van der Waals surface area contributed by atoms with E-state index in [1.54, 1.807) is 43.2 Å². The Morgan fingerprint density at radius 2 is 1.87 bits per heavy atom. The fourth-order valence-electron chi connectivity index (χ4n) is 3.56. The molecule has 1 atom stereocenters. The minimum Gasteiger partial charge on any atom is -0.497 e. The number of para-hydroxylation sites is 1. The topological polar surface area (TPSA) is 90.3 Å². The molecular formula is C22H23N5O3S. The first-order valence-corrected chi connectivity index (χ1v) is 10.8. The first-order chi connectivity index (χ1) is 15.0. The largest absolute Gasteiger partial charge is 0.497 e. The van der Waals surface area contributed by atoms with Crippen molar-refractivity contribution in [3.63, 3.8) is 0 Å². The molecule has 31 heavy (non-hydrogen) atoms. The van der Waals surface area contributed by atoms with Crippen molar-refractivity contribution in [3.8, 4) is 11.5 Å². The summed E-state index contributed by atoms with van der Waals surface area (Å²) >= 11 is 1.44. The van der Waals surface area contributed by atoms with E-state index >= 15 is 0 Å². The number of nitrogens with one attached hydrogen (secondary N) is 2. The summed E-state index contributed by atoms with van der Waals surface area (Å²) < 4.78 is 12.5. The quantitative estimate of drug-likeness (QED) is 0.565. The van der Waals surface area contributed by atoms with Gasteiger partial charge in [-0.05, 0) is 43.5 Å². The summed E-state index contributed by atoms with van der Waals surface area (Å²) in [6, 6.07) is 14.3. The minimum atomic E-state index is -0.501. The van der Waals surface area contributed by atoms with E-state index in [-0.39, 0.29) is 5.91 Å². The van der Waals surface area contributed by atoms with Crippen LogP contribution >= 0.6 is 11.8 Å². The number of fused-ring (bicyclic) bond motifs is 1. The van der Waals surface area contributed by atoms with Crippen LogP contribution in [0.25, 0.3) is 0 Å². The third-order valence-corrected chi connectivity index (χ3v) is 5.58. The molecule has 1 amide bonds. The van der Waals surface area contributed by atoms with E-state index in [2.05, 4.69) is 20.7 Å². The van der Waals surface area contributed by atoms with Gasteiger partial charge >= 0.3 is 0 Å². The molecule has 0 radical (unpaired) electrons. The standard InChI is InChI=1S/C22H23N5O3S/c1-13-18(20(28)24-14-9-11-15(29-2)12-10-14)19(16-7-5-6-8-17(16)30-3)27-21(23-13)25-22(26-27)31-4/h5-12,19H,1-4H3,(H,24,28)(H,23,25,26). The zero-order valence-corrected chi connectivity index (χ0v) is 18.5. The molecule has 0 fully saturated rings. The molecule has 1 aromatic heterocycles. The lowest BCUT2D eigenvalue weighted by atomic mass is 9.94. The highest BCUT2D eigenvalue weighted by atomic mass is 32.2. The summed E-state index contributed by atoms with van der Waals surface area (Å²) in [4.78, 5) is 18.0. The second-order valence-electron chi connectivity index (χ2n) is 6.86. The highest BCUT2D eigenvalue weighted by Crippen LogP contribution is 2.39. The zero-order valence-electron chi connectivity index (χ0n) is 17.7. The van der Waals surface area contributed by atoms with Crippen LogP contribution in [0.3, 0.4) is 0 Å². The van der Waals surface area contributed by atoms with Crippen molar-refractivity contribution in [2.75, 3.05) is 31.1 Å². The van der Waals surface area contributed by atoms with Gasteiger partial charge in [-0.25, -0.2) is 4.68 Å². The number of anilines is 2. The Balaban J connectivity index is 1.78. The van der Waals surface area contributed by atoms with Gasteiger partial charge in [0, 0.05) is 16.9 Å². The molecule has 0 bridgehead atoms. The van der Waals surface area contributed by atoms with Crippen molar-refractivity contribution >= 4 is 29.3 Å². The molecular weight excluding hydrogens is 414 g/mol. The van der Waals surface area contributed by atoms with Crippen LogP contribution < -0.4 is 20.1 Å². The highest BCUT2D eigenvalue weighted by Gasteiger charge is 2.35. The Labute approximate surface area is 184 Å². The number of amides is 1. The van der Waals surface area contributed by atoms with E-state index in [1.807, 2.05) is 37.4 Å². The highest BCUT2D eigenvalue weighted by molar-refractivity contribution is 7.98. The summed E-state index contributed by atoms with van der Waals surface area (Å²) in [6.07, 6.45) is 1.91. The number of benzene rings is 2. The molecule has 160 valence electrons. The summed E-state index contributed by atoms with van der Waals surface area (Å²) in [5.41, 5.74) is 2.73. The molecule has 1 unspecified atom stereocenters. The minimum absolute atomic E-state index is 0.238. The molecule has 2 aromatic carbocycles. The number of carbonyl (C=O) groups is 1. The van der Waals surface area contributed by atoms with E-state index in [4.69, 9.17) is 9.47 Å². The number of ether oxygens (including phenoxy) is 2. The van der Waals surface area contributed by atoms with Gasteiger partial charge in [-0.2, -0.15) is 4.98 Å². The van der Waals surface area contributed by atoms with Crippen LogP contribution in [0, 0.1) is 0 Å². The number of thioether (sulfide) groups is 1. The van der Waals surface area contributed by atoms with Gasteiger partial charge < -0.3 is 20.1 Å². The molecule has 2 N–H and O–H groups in total. The zero-order chi connectivity index (χ0) is 22.0. The van der Waals surface area contributed by atoms with Crippen LogP contribution in [0.4, 0.5) is 11.6 Å². The predicted octanol–water partition coefficient (Wildman–Crippen LogP) is 3.94. The van der Waals surface area contributed by atoms with E-state index in [0.29, 0.717) is 33.8 Å². The maximum atomic E-state index is 13.5. The lowest BCUT2D eigenvalue weighted by Gasteiger charge is -2.29. The maximum absolute atomic E-state index is 13.5. The number of carbonyl (C=O) groups excluding carboxylic acids is 1. The molecule has 3 aromatic rings. The fourth-order valence-corrected chi connectivity index (χ4v) is 3.91. The van der Waals surface area contributed by atoms with Gasteiger partial charge in [-0.1, -0.05) is 30.0 Å². The number of aromatic nitrogens is 3. The Morgan fingerprint density at radius 3 is 2.55 bits per heavy atom. The average molecular weight is 438 g/mol. The SMILES string of the molecule is COc1ccc(NC(=O)C2=C(C)Nc3nc(SC)nn3C2c2ccccc2OC)cc1. The van der Waals surface area contributed by atoms with Crippen LogP contribution in [0.5, 0.6) is 11.5 Å². The third kappa shape index (κ3) is 3.96. The maximum Gasteiger partial charge on any atom is 0.255 e. The number of hydrogen-bond acceptors (Lipinski definition) is 7.